The van der Waals surface area contributed by atoms with E-state index in [0.717, 1.165) is 12.8 Å². The number of epoxide rings is 1. The molecule has 1 aliphatic rings. The lowest BCUT2D eigenvalue weighted by atomic mass is 10.2. The van der Waals surface area contributed by atoms with E-state index in [4.69, 9.17) is 9.47 Å². The van der Waals surface area contributed by atoms with E-state index < -0.39 is 0 Å². The largest absolute Gasteiger partial charge is 0.374 e. The van der Waals surface area contributed by atoms with Crippen molar-refractivity contribution in [1.29, 1.82) is 0 Å². The maximum Gasteiger partial charge on any atom is 0.107 e. The van der Waals surface area contributed by atoms with Crippen LogP contribution in [0.15, 0.2) is 43.0 Å². The highest BCUT2D eigenvalue weighted by molar-refractivity contribution is 5.13. The lowest BCUT2D eigenvalue weighted by Gasteiger charge is -2.01. The summed E-state index contributed by atoms with van der Waals surface area (Å²) in [5.74, 6) is 0. The Kier molecular flexibility index (Phi) is 4.14. The fourth-order valence-electron chi connectivity index (χ4n) is 1.73. The maximum absolute atomic E-state index is 5.60. The molecule has 0 saturated carbocycles. The van der Waals surface area contributed by atoms with Crippen molar-refractivity contribution in [1.82, 2.24) is 0 Å². The summed E-state index contributed by atoms with van der Waals surface area (Å²) in [6.45, 7) is 5.08. The number of benzene rings is 1. The second-order valence-electron chi connectivity index (χ2n) is 4.08. The van der Waals surface area contributed by atoms with Crippen molar-refractivity contribution in [2.45, 2.75) is 31.7 Å². The fraction of sp³-hybridized carbons (Fsp3) is 0.429. The number of hydrogen-bond acceptors (Lipinski definition) is 2. The van der Waals surface area contributed by atoms with Crippen LogP contribution in [0.4, 0.5) is 0 Å². The highest BCUT2D eigenvalue weighted by atomic mass is 16.6. The minimum absolute atomic E-state index is 0.309. The van der Waals surface area contributed by atoms with E-state index in [2.05, 4.69) is 18.7 Å². The van der Waals surface area contributed by atoms with Gasteiger partial charge in [-0.15, -0.1) is 6.58 Å². The van der Waals surface area contributed by atoms with Crippen molar-refractivity contribution in [3.05, 3.63) is 48.6 Å². The molecule has 1 saturated heterocycles. The van der Waals surface area contributed by atoms with Gasteiger partial charge in [-0.2, -0.15) is 0 Å². The van der Waals surface area contributed by atoms with Crippen LogP contribution in [0.5, 0.6) is 0 Å². The van der Waals surface area contributed by atoms with Crippen molar-refractivity contribution in [3.63, 3.8) is 0 Å². The summed E-state index contributed by atoms with van der Waals surface area (Å²) in [5.41, 5.74) is 1.21. The fourth-order valence-corrected chi connectivity index (χ4v) is 1.73. The SMILES string of the molecule is C=CCC[C@H]1O[C@@H]1COCc1ccccc1. The summed E-state index contributed by atoms with van der Waals surface area (Å²) in [7, 11) is 0. The standard InChI is InChI=1S/C14H18O2/c1-2-3-9-13-14(16-13)11-15-10-12-7-5-4-6-8-12/h2,4-8,13-14H,1,3,9-11H2/t13-,14-/m1/s1. The van der Waals surface area contributed by atoms with Crippen LogP contribution in [0.3, 0.4) is 0 Å². The molecule has 0 spiro atoms. The molecule has 0 aliphatic carbocycles. The molecule has 1 heterocycles. The zero-order valence-corrected chi connectivity index (χ0v) is 9.47. The van der Waals surface area contributed by atoms with Gasteiger partial charge >= 0.3 is 0 Å². The number of allylic oxidation sites excluding steroid dienone is 1. The number of ether oxygens (including phenoxy) is 2. The zero-order chi connectivity index (χ0) is 11.2. The van der Waals surface area contributed by atoms with E-state index in [1.54, 1.807) is 0 Å². The van der Waals surface area contributed by atoms with Crippen molar-refractivity contribution in [3.8, 4) is 0 Å². The van der Waals surface area contributed by atoms with Crippen molar-refractivity contribution in [2.75, 3.05) is 6.61 Å². The van der Waals surface area contributed by atoms with Crippen LogP contribution in [0.25, 0.3) is 0 Å². The van der Waals surface area contributed by atoms with Gasteiger partial charge in [0, 0.05) is 0 Å². The Morgan fingerprint density at radius 2 is 2.06 bits per heavy atom. The van der Waals surface area contributed by atoms with Crippen LogP contribution in [-0.2, 0) is 16.1 Å². The highest BCUT2D eigenvalue weighted by Gasteiger charge is 2.37. The molecule has 2 rings (SSSR count). The van der Waals surface area contributed by atoms with E-state index in [-0.39, 0.29) is 0 Å². The van der Waals surface area contributed by atoms with Gasteiger partial charge in [0.15, 0.2) is 0 Å². The second kappa shape index (κ2) is 5.83. The Balaban J connectivity index is 1.58. The van der Waals surface area contributed by atoms with Crippen LogP contribution in [-0.4, -0.2) is 18.8 Å². The number of hydrogen-bond donors (Lipinski definition) is 0. The smallest absolute Gasteiger partial charge is 0.107 e. The first-order valence-electron chi connectivity index (χ1n) is 5.78. The van der Waals surface area contributed by atoms with E-state index in [1.165, 1.54) is 5.56 Å². The molecule has 0 radical (unpaired) electrons. The molecular formula is C14H18O2. The van der Waals surface area contributed by atoms with Crippen LogP contribution in [0, 0.1) is 0 Å². The Hall–Kier alpha value is -1.12. The Morgan fingerprint density at radius 1 is 1.25 bits per heavy atom. The van der Waals surface area contributed by atoms with Crippen LogP contribution >= 0.6 is 0 Å². The van der Waals surface area contributed by atoms with E-state index in [0.29, 0.717) is 25.4 Å². The Morgan fingerprint density at radius 3 is 2.81 bits per heavy atom. The van der Waals surface area contributed by atoms with Crippen molar-refractivity contribution < 1.29 is 9.47 Å². The van der Waals surface area contributed by atoms with Gasteiger partial charge < -0.3 is 9.47 Å². The summed E-state index contributed by atoms with van der Waals surface area (Å²) in [6, 6.07) is 10.2. The molecule has 86 valence electrons. The lowest BCUT2D eigenvalue weighted by Crippen LogP contribution is -2.04. The van der Waals surface area contributed by atoms with Crippen LogP contribution in [0.1, 0.15) is 18.4 Å². The molecule has 0 amide bonds. The average Bonchev–Trinajstić information content (AvgIpc) is 3.07. The first-order chi connectivity index (χ1) is 7.90. The topological polar surface area (TPSA) is 21.8 Å². The molecule has 1 aliphatic heterocycles. The van der Waals surface area contributed by atoms with Crippen molar-refractivity contribution >= 4 is 0 Å². The summed E-state index contributed by atoms with van der Waals surface area (Å²) in [4.78, 5) is 0. The first kappa shape index (κ1) is 11.4. The third-order valence-corrected chi connectivity index (χ3v) is 2.74. The minimum Gasteiger partial charge on any atom is -0.374 e. The Labute approximate surface area is 96.9 Å². The predicted octanol–water partition coefficient (Wildman–Crippen LogP) is 2.94. The number of rotatable bonds is 7. The molecule has 2 nitrogen and oxygen atoms in total. The predicted molar refractivity (Wildman–Crippen MR) is 64.2 cm³/mol. The molecule has 2 heteroatoms. The minimum atomic E-state index is 0.309. The maximum atomic E-state index is 5.60. The van der Waals surface area contributed by atoms with Gasteiger partial charge in [0.05, 0.1) is 19.3 Å². The molecule has 1 aromatic carbocycles. The summed E-state index contributed by atoms with van der Waals surface area (Å²) >= 11 is 0. The molecular weight excluding hydrogens is 200 g/mol. The van der Waals surface area contributed by atoms with Crippen LogP contribution < -0.4 is 0 Å². The van der Waals surface area contributed by atoms with Gasteiger partial charge in [-0.3, -0.25) is 0 Å². The van der Waals surface area contributed by atoms with Gasteiger partial charge in [-0.05, 0) is 18.4 Å². The Bertz CT molecular complexity index is 321. The van der Waals surface area contributed by atoms with E-state index in [9.17, 15) is 0 Å². The summed E-state index contributed by atoms with van der Waals surface area (Å²) in [5, 5.41) is 0. The summed E-state index contributed by atoms with van der Waals surface area (Å²) < 4.78 is 11.1. The van der Waals surface area contributed by atoms with Gasteiger partial charge in [0.25, 0.3) is 0 Å². The molecule has 0 unspecified atom stereocenters. The zero-order valence-electron chi connectivity index (χ0n) is 9.47. The molecule has 2 atom stereocenters. The normalized spacial score (nSPS) is 23.0. The third-order valence-electron chi connectivity index (χ3n) is 2.74. The van der Waals surface area contributed by atoms with Gasteiger partial charge in [-0.1, -0.05) is 36.4 Å². The average molecular weight is 218 g/mol. The third kappa shape index (κ3) is 3.47. The first-order valence-corrected chi connectivity index (χ1v) is 5.78. The monoisotopic (exact) mass is 218 g/mol. The highest BCUT2D eigenvalue weighted by Crippen LogP contribution is 2.27. The van der Waals surface area contributed by atoms with Crippen LogP contribution in [0.2, 0.25) is 0 Å². The quantitative estimate of drug-likeness (QED) is 0.518. The van der Waals surface area contributed by atoms with E-state index in [1.807, 2.05) is 24.3 Å². The van der Waals surface area contributed by atoms with E-state index >= 15 is 0 Å². The lowest BCUT2D eigenvalue weighted by molar-refractivity contribution is 0.104. The second-order valence-corrected chi connectivity index (χ2v) is 4.08. The van der Waals surface area contributed by atoms with Gasteiger partial charge in [0.1, 0.15) is 6.10 Å². The molecule has 1 aromatic rings. The molecule has 0 aromatic heterocycles. The molecule has 0 N–H and O–H groups in total. The molecule has 0 bridgehead atoms. The van der Waals surface area contributed by atoms with Gasteiger partial charge in [0.2, 0.25) is 0 Å². The molecule has 1 fully saturated rings. The van der Waals surface area contributed by atoms with Crippen molar-refractivity contribution in [2.24, 2.45) is 0 Å². The van der Waals surface area contributed by atoms with Gasteiger partial charge in [-0.25, -0.2) is 0 Å². The molecule has 16 heavy (non-hydrogen) atoms. The summed E-state index contributed by atoms with van der Waals surface area (Å²) in [6.07, 6.45) is 4.74.